The maximum atomic E-state index is 14.7. The summed E-state index contributed by atoms with van der Waals surface area (Å²) in [6, 6.07) is 5.47. The predicted octanol–water partition coefficient (Wildman–Crippen LogP) is 8.37. The van der Waals surface area contributed by atoms with Crippen LogP contribution in [0.15, 0.2) is 30.6 Å². The Morgan fingerprint density at radius 2 is 1.79 bits per heavy atom. The van der Waals surface area contributed by atoms with Gasteiger partial charge in [0.1, 0.15) is 11.3 Å². The second-order valence-corrected chi connectivity index (χ2v) is 16.3. The Bertz CT molecular complexity index is 1860. The van der Waals surface area contributed by atoms with E-state index in [1.54, 1.807) is 25.3 Å². The minimum absolute atomic E-state index is 0.0366. The molecule has 2 aromatic heterocycles. The first-order valence-corrected chi connectivity index (χ1v) is 18.9. The van der Waals surface area contributed by atoms with E-state index in [4.69, 9.17) is 4.74 Å². The van der Waals surface area contributed by atoms with Gasteiger partial charge in [0, 0.05) is 41.5 Å². The quantitative estimate of drug-likeness (QED) is 0.212. The summed E-state index contributed by atoms with van der Waals surface area (Å²) in [4.78, 5) is 36.7. The van der Waals surface area contributed by atoms with Gasteiger partial charge >= 0.3 is 12.1 Å². The molecule has 14 heteroatoms. The number of nitrogens with zero attached hydrogens (tertiary/aromatic N) is 4. The van der Waals surface area contributed by atoms with Crippen molar-refractivity contribution in [2.75, 3.05) is 13.1 Å². The van der Waals surface area contributed by atoms with Gasteiger partial charge in [-0.1, -0.05) is 20.8 Å². The number of hydrogen-bond acceptors (Lipinski definition) is 6. The number of ether oxygens (including phenoxy) is 1. The Morgan fingerprint density at radius 1 is 1.08 bits per heavy atom. The highest BCUT2D eigenvalue weighted by Crippen LogP contribution is 2.50. The number of hydrogen-bond donors (Lipinski definition) is 2. The summed E-state index contributed by atoms with van der Waals surface area (Å²) < 4.78 is 79.3. The molecule has 3 aromatic rings. The largest absolute Gasteiger partial charge is 0.490 e. The SMILES string of the molecule is CC[C@H](C)n1cc(-c2ncc(C(=O)NC3(C(=O)O)C(C)CC4CC(C)CC3C4)c(C(F)(F)F)n2)c2ccc(O[C@H]3CC[C@H](N4CC(F)(F)C4)CC3)cc21. The molecule has 1 aliphatic heterocycles. The summed E-state index contributed by atoms with van der Waals surface area (Å²) >= 11 is 0. The van der Waals surface area contributed by atoms with Crippen molar-refractivity contribution >= 4 is 22.8 Å². The third-order valence-corrected chi connectivity index (χ3v) is 12.6. The van der Waals surface area contributed by atoms with Gasteiger partial charge in [0.25, 0.3) is 11.8 Å². The zero-order valence-corrected chi connectivity index (χ0v) is 30.6. The first-order chi connectivity index (χ1) is 25.0. The summed E-state index contributed by atoms with van der Waals surface area (Å²) in [7, 11) is 0. The van der Waals surface area contributed by atoms with Crippen LogP contribution in [0.1, 0.15) is 108 Å². The Labute approximate surface area is 305 Å². The van der Waals surface area contributed by atoms with Crippen LogP contribution in [0.5, 0.6) is 5.75 Å². The molecule has 9 nitrogen and oxygen atoms in total. The number of carboxylic acid groups (broad SMARTS) is 1. The number of carbonyl (C=O) groups excluding carboxylic acids is 1. The third kappa shape index (κ3) is 7.00. The van der Waals surface area contributed by atoms with Gasteiger partial charge in [0.15, 0.2) is 11.5 Å². The highest BCUT2D eigenvalue weighted by atomic mass is 19.4. The maximum absolute atomic E-state index is 14.7. The molecule has 1 saturated heterocycles. The van der Waals surface area contributed by atoms with E-state index >= 15 is 0 Å². The lowest BCUT2D eigenvalue weighted by Gasteiger charge is -2.52. The first kappa shape index (κ1) is 37.5. The van der Waals surface area contributed by atoms with Gasteiger partial charge in [-0.2, -0.15) is 13.2 Å². The molecule has 2 bridgehead atoms. The van der Waals surface area contributed by atoms with E-state index in [1.165, 1.54) is 0 Å². The van der Waals surface area contributed by atoms with Crippen LogP contribution in [0.2, 0.25) is 0 Å². The molecule has 288 valence electrons. The van der Waals surface area contributed by atoms with E-state index in [2.05, 4.69) is 15.3 Å². The minimum atomic E-state index is -5.03. The normalized spacial score (nSPS) is 30.7. The number of nitrogens with one attached hydrogen (secondary N) is 1. The van der Waals surface area contributed by atoms with Crippen molar-refractivity contribution in [1.82, 2.24) is 24.8 Å². The Kier molecular flexibility index (Phi) is 9.76. The Balaban J connectivity index is 1.17. The molecule has 3 heterocycles. The van der Waals surface area contributed by atoms with Crippen molar-refractivity contribution in [2.45, 2.75) is 121 Å². The molecule has 6 atom stereocenters. The highest BCUT2D eigenvalue weighted by molar-refractivity contribution is 6.00. The van der Waals surface area contributed by atoms with Crippen molar-refractivity contribution in [3.8, 4) is 17.1 Å². The number of alkyl halides is 5. The molecule has 0 radical (unpaired) electrons. The summed E-state index contributed by atoms with van der Waals surface area (Å²) in [6.07, 6.45) is 3.84. The number of likely N-dealkylation sites (tertiary alicyclic amines) is 1. The van der Waals surface area contributed by atoms with Gasteiger partial charge in [0.2, 0.25) is 0 Å². The fourth-order valence-electron chi connectivity index (χ4n) is 9.78. The molecule has 3 aliphatic carbocycles. The van der Waals surface area contributed by atoms with Crippen LogP contribution in [0, 0.1) is 23.7 Å². The van der Waals surface area contributed by atoms with Gasteiger partial charge in [-0.15, -0.1) is 0 Å². The van der Waals surface area contributed by atoms with E-state index in [0.717, 1.165) is 50.2 Å². The summed E-state index contributed by atoms with van der Waals surface area (Å²) in [6.45, 7) is 7.40. The van der Waals surface area contributed by atoms with E-state index in [9.17, 15) is 36.6 Å². The standard InChI is InChI=1S/C39H48F5N5O4/c1-5-23(4)49-18-31(29-11-10-28(16-32(29)49)53-27-8-6-26(7-9-27)48-19-37(40,41)20-48)34-45-17-30(33(46-34)39(42,43)44)35(50)47-38(36(51)52)22(3)14-24-12-21(2)13-25(38)15-24/h10-11,16-18,21-27H,5-9,12-15,19-20H2,1-4H3,(H,47,50)(H,51,52)/t21?,22?,23-,24?,25?,26-,27-,38?/m0/s1. The van der Waals surface area contributed by atoms with Crippen LogP contribution in [-0.2, 0) is 11.0 Å². The first-order valence-electron chi connectivity index (χ1n) is 18.9. The molecule has 5 unspecified atom stereocenters. The van der Waals surface area contributed by atoms with Gasteiger partial charge in [-0.3, -0.25) is 9.69 Å². The smallest absolute Gasteiger partial charge is 0.434 e. The van der Waals surface area contributed by atoms with Crippen LogP contribution >= 0.6 is 0 Å². The summed E-state index contributed by atoms with van der Waals surface area (Å²) in [5.74, 6) is -4.95. The van der Waals surface area contributed by atoms with Crippen LogP contribution in [0.3, 0.4) is 0 Å². The summed E-state index contributed by atoms with van der Waals surface area (Å²) in [5.41, 5.74) is -2.89. The molecule has 53 heavy (non-hydrogen) atoms. The number of aromatic nitrogens is 3. The van der Waals surface area contributed by atoms with Gasteiger partial charge in [-0.05, 0) is 101 Å². The van der Waals surface area contributed by atoms with E-state index in [1.807, 2.05) is 36.3 Å². The molecule has 0 spiro atoms. The molecule has 1 amide bonds. The maximum Gasteiger partial charge on any atom is 0.434 e. The average Bonchev–Trinajstić information content (AvgIpc) is 3.46. The zero-order valence-electron chi connectivity index (χ0n) is 30.6. The lowest BCUT2D eigenvalue weighted by atomic mass is 9.56. The van der Waals surface area contributed by atoms with Gasteiger partial charge in [-0.25, -0.2) is 23.5 Å². The molecule has 2 N–H and O–H groups in total. The topological polar surface area (TPSA) is 110 Å². The number of carbonyl (C=O) groups is 2. The monoisotopic (exact) mass is 745 g/mol. The van der Waals surface area contributed by atoms with Crippen molar-refractivity contribution in [1.29, 1.82) is 0 Å². The fraction of sp³-hybridized carbons (Fsp3) is 0.641. The van der Waals surface area contributed by atoms with Crippen molar-refractivity contribution in [3.63, 3.8) is 0 Å². The van der Waals surface area contributed by atoms with E-state index in [-0.39, 0.29) is 43.0 Å². The number of fused-ring (bicyclic) bond motifs is 3. The molecular weight excluding hydrogens is 697 g/mol. The second kappa shape index (κ2) is 13.8. The number of amides is 1. The number of aliphatic carboxylic acids is 1. The number of halogens is 5. The number of rotatable bonds is 9. The van der Waals surface area contributed by atoms with Crippen LogP contribution < -0.4 is 10.1 Å². The number of carboxylic acids is 1. The Hall–Kier alpha value is -3.81. The molecule has 4 fully saturated rings. The van der Waals surface area contributed by atoms with E-state index < -0.39 is 52.6 Å². The zero-order chi connectivity index (χ0) is 38.0. The van der Waals surface area contributed by atoms with Gasteiger partial charge < -0.3 is 19.7 Å². The predicted molar refractivity (Wildman–Crippen MR) is 188 cm³/mol. The molecular formula is C39H48F5N5O4. The van der Waals surface area contributed by atoms with E-state index in [0.29, 0.717) is 41.9 Å². The molecule has 7 rings (SSSR count). The van der Waals surface area contributed by atoms with Gasteiger partial charge in [0.05, 0.1) is 30.3 Å². The van der Waals surface area contributed by atoms with Crippen molar-refractivity contribution in [3.05, 3.63) is 41.9 Å². The molecule has 4 aliphatic rings. The lowest BCUT2D eigenvalue weighted by molar-refractivity contribution is -0.155. The fourth-order valence-corrected chi connectivity index (χ4v) is 9.78. The van der Waals surface area contributed by atoms with Crippen LogP contribution in [-0.4, -0.2) is 73.1 Å². The minimum Gasteiger partial charge on any atom is -0.490 e. The van der Waals surface area contributed by atoms with Crippen molar-refractivity contribution < 1.29 is 41.4 Å². The average molecular weight is 746 g/mol. The van der Waals surface area contributed by atoms with Crippen molar-refractivity contribution in [2.24, 2.45) is 23.7 Å². The number of benzene rings is 1. The molecule has 1 aromatic carbocycles. The Morgan fingerprint density at radius 3 is 2.43 bits per heavy atom. The third-order valence-electron chi connectivity index (χ3n) is 12.6. The summed E-state index contributed by atoms with van der Waals surface area (Å²) in [5, 5.41) is 13.7. The molecule has 3 saturated carbocycles. The second-order valence-electron chi connectivity index (χ2n) is 16.3. The highest BCUT2D eigenvalue weighted by Gasteiger charge is 2.57. The lowest BCUT2D eigenvalue weighted by Crippen LogP contribution is -2.66. The van der Waals surface area contributed by atoms with Crippen LogP contribution in [0.4, 0.5) is 22.0 Å². The van der Waals surface area contributed by atoms with Crippen LogP contribution in [0.25, 0.3) is 22.3 Å².